The molecule has 0 aliphatic rings. The molecule has 0 aliphatic heterocycles. The number of carbonyl (C=O) groups excluding carboxylic acids is 1. The molecule has 0 saturated heterocycles. The molecule has 1 aromatic heterocycles. The van der Waals surface area contributed by atoms with E-state index in [9.17, 15) is 4.79 Å². The molecule has 1 unspecified atom stereocenters. The minimum Gasteiger partial charge on any atom is -0.267 e. The Bertz CT molecular complexity index is 640. The summed E-state index contributed by atoms with van der Waals surface area (Å²) in [6.07, 6.45) is 1.05. The SMILES string of the molecule is CCC(C)c1c(C)nn(C(=O)c2ccccc2C)c1C. The van der Waals surface area contributed by atoms with Crippen molar-refractivity contribution in [3.63, 3.8) is 0 Å². The van der Waals surface area contributed by atoms with Crippen LogP contribution in [0.1, 0.15) is 59.1 Å². The molecule has 0 amide bonds. The minimum atomic E-state index is -0.0433. The smallest absolute Gasteiger partial charge is 0.267 e. The number of hydrogen-bond donors (Lipinski definition) is 0. The fourth-order valence-corrected chi connectivity index (χ4v) is 2.70. The second kappa shape index (κ2) is 5.61. The van der Waals surface area contributed by atoms with Crippen molar-refractivity contribution < 1.29 is 4.79 Å². The maximum atomic E-state index is 12.7. The van der Waals surface area contributed by atoms with Gasteiger partial charge in [-0.2, -0.15) is 5.10 Å². The van der Waals surface area contributed by atoms with Gasteiger partial charge in [-0.25, -0.2) is 4.68 Å². The van der Waals surface area contributed by atoms with Crippen molar-refractivity contribution in [2.75, 3.05) is 0 Å². The summed E-state index contributed by atoms with van der Waals surface area (Å²) in [5.41, 5.74) is 4.82. The predicted octanol–water partition coefficient (Wildman–Crippen LogP) is 4.01. The molecule has 0 fully saturated rings. The van der Waals surface area contributed by atoms with Gasteiger partial charge in [-0.3, -0.25) is 4.79 Å². The van der Waals surface area contributed by atoms with Gasteiger partial charge in [0.1, 0.15) is 0 Å². The van der Waals surface area contributed by atoms with Crippen molar-refractivity contribution >= 4 is 5.91 Å². The van der Waals surface area contributed by atoms with Crippen LogP contribution in [0.3, 0.4) is 0 Å². The number of hydrogen-bond acceptors (Lipinski definition) is 2. The second-order valence-electron chi connectivity index (χ2n) is 5.43. The highest BCUT2D eigenvalue weighted by Gasteiger charge is 2.21. The summed E-state index contributed by atoms with van der Waals surface area (Å²) < 4.78 is 1.55. The number of benzene rings is 1. The van der Waals surface area contributed by atoms with E-state index in [1.54, 1.807) is 4.68 Å². The highest BCUT2D eigenvalue weighted by Crippen LogP contribution is 2.26. The van der Waals surface area contributed by atoms with Crippen molar-refractivity contribution in [2.24, 2.45) is 0 Å². The second-order valence-corrected chi connectivity index (χ2v) is 5.43. The zero-order chi connectivity index (χ0) is 14.9. The molecule has 0 radical (unpaired) electrons. The van der Waals surface area contributed by atoms with Crippen LogP contribution in [0.15, 0.2) is 24.3 Å². The maximum absolute atomic E-state index is 12.7. The molecule has 3 nitrogen and oxygen atoms in total. The Morgan fingerprint density at radius 2 is 1.90 bits per heavy atom. The van der Waals surface area contributed by atoms with Crippen LogP contribution in [-0.4, -0.2) is 15.7 Å². The van der Waals surface area contributed by atoms with Crippen molar-refractivity contribution in [2.45, 2.75) is 47.0 Å². The molecule has 1 aromatic carbocycles. The maximum Gasteiger partial charge on any atom is 0.278 e. The van der Waals surface area contributed by atoms with E-state index in [0.29, 0.717) is 11.5 Å². The topological polar surface area (TPSA) is 34.9 Å². The van der Waals surface area contributed by atoms with Crippen molar-refractivity contribution in [3.8, 4) is 0 Å². The first-order valence-electron chi connectivity index (χ1n) is 7.13. The third-order valence-electron chi connectivity index (χ3n) is 4.02. The first-order chi connectivity index (χ1) is 9.47. The summed E-state index contributed by atoms with van der Waals surface area (Å²) in [6, 6.07) is 7.64. The van der Waals surface area contributed by atoms with Crippen LogP contribution >= 0.6 is 0 Å². The van der Waals surface area contributed by atoms with Gasteiger partial charge in [0.25, 0.3) is 5.91 Å². The fourth-order valence-electron chi connectivity index (χ4n) is 2.70. The third-order valence-corrected chi connectivity index (χ3v) is 4.02. The number of aryl methyl sites for hydroxylation is 2. The Kier molecular flexibility index (Phi) is 4.07. The highest BCUT2D eigenvalue weighted by molar-refractivity contribution is 5.97. The molecule has 2 aromatic rings. The molecule has 106 valence electrons. The minimum absolute atomic E-state index is 0.0433. The zero-order valence-corrected chi connectivity index (χ0v) is 12.9. The van der Waals surface area contributed by atoms with Crippen LogP contribution < -0.4 is 0 Å². The van der Waals surface area contributed by atoms with Crippen LogP contribution in [0.2, 0.25) is 0 Å². The Morgan fingerprint density at radius 3 is 2.50 bits per heavy atom. The summed E-state index contributed by atoms with van der Waals surface area (Å²) in [6.45, 7) is 10.3. The lowest BCUT2D eigenvalue weighted by atomic mass is 9.97. The highest BCUT2D eigenvalue weighted by atomic mass is 16.2. The van der Waals surface area contributed by atoms with Crippen LogP contribution in [0, 0.1) is 20.8 Å². The van der Waals surface area contributed by atoms with Gasteiger partial charge in [-0.15, -0.1) is 0 Å². The fraction of sp³-hybridized carbons (Fsp3) is 0.412. The lowest BCUT2D eigenvalue weighted by molar-refractivity contribution is 0.0941. The van der Waals surface area contributed by atoms with Gasteiger partial charge in [0.2, 0.25) is 0 Å². The molecule has 0 bridgehead atoms. The summed E-state index contributed by atoms with van der Waals surface area (Å²) in [7, 11) is 0. The van der Waals surface area contributed by atoms with Crippen LogP contribution in [-0.2, 0) is 0 Å². The van der Waals surface area contributed by atoms with Crippen LogP contribution in [0.25, 0.3) is 0 Å². The Labute approximate surface area is 120 Å². The predicted molar refractivity (Wildman–Crippen MR) is 81.3 cm³/mol. The Hall–Kier alpha value is -1.90. The van der Waals surface area contributed by atoms with Crippen molar-refractivity contribution in [3.05, 3.63) is 52.3 Å². The van der Waals surface area contributed by atoms with E-state index < -0.39 is 0 Å². The molecule has 0 aliphatic carbocycles. The molecule has 1 heterocycles. The zero-order valence-electron chi connectivity index (χ0n) is 12.9. The lowest BCUT2D eigenvalue weighted by Gasteiger charge is -2.10. The number of carbonyl (C=O) groups is 1. The van der Waals surface area contributed by atoms with Gasteiger partial charge in [0.15, 0.2) is 0 Å². The summed E-state index contributed by atoms with van der Waals surface area (Å²) in [5.74, 6) is 0.381. The Morgan fingerprint density at radius 1 is 1.25 bits per heavy atom. The summed E-state index contributed by atoms with van der Waals surface area (Å²) >= 11 is 0. The molecule has 0 N–H and O–H groups in total. The summed E-state index contributed by atoms with van der Waals surface area (Å²) in [4.78, 5) is 12.7. The third kappa shape index (κ3) is 2.40. The van der Waals surface area contributed by atoms with Crippen molar-refractivity contribution in [1.82, 2.24) is 9.78 Å². The van der Waals surface area contributed by atoms with E-state index in [1.807, 2.05) is 45.0 Å². The van der Waals surface area contributed by atoms with Gasteiger partial charge >= 0.3 is 0 Å². The van der Waals surface area contributed by atoms with E-state index in [4.69, 9.17) is 0 Å². The van der Waals surface area contributed by atoms with Crippen LogP contribution in [0.4, 0.5) is 0 Å². The Balaban J connectivity index is 2.50. The molecule has 0 saturated carbocycles. The summed E-state index contributed by atoms with van der Waals surface area (Å²) in [5, 5.41) is 4.46. The average molecular weight is 270 g/mol. The number of aromatic nitrogens is 2. The molecule has 2 rings (SSSR count). The number of nitrogens with zero attached hydrogens (tertiary/aromatic N) is 2. The van der Waals surface area contributed by atoms with E-state index in [0.717, 1.165) is 23.4 Å². The van der Waals surface area contributed by atoms with Gasteiger partial charge in [-0.05, 0) is 50.3 Å². The quantitative estimate of drug-likeness (QED) is 0.844. The van der Waals surface area contributed by atoms with Gasteiger partial charge in [-0.1, -0.05) is 32.0 Å². The van der Waals surface area contributed by atoms with Crippen molar-refractivity contribution in [1.29, 1.82) is 0 Å². The van der Waals surface area contributed by atoms with Gasteiger partial charge in [0, 0.05) is 11.3 Å². The van der Waals surface area contributed by atoms with Gasteiger partial charge in [0.05, 0.1) is 5.69 Å². The standard InChI is InChI=1S/C17H22N2O/c1-6-11(2)16-13(4)18-19(14(16)5)17(20)15-10-8-7-9-12(15)3/h7-11H,6H2,1-5H3. The average Bonchev–Trinajstić information content (AvgIpc) is 2.73. The largest absolute Gasteiger partial charge is 0.278 e. The number of rotatable bonds is 3. The first-order valence-corrected chi connectivity index (χ1v) is 7.13. The van der Waals surface area contributed by atoms with Gasteiger partial charge < -0.3 is 0 Å². The first kappa shape index (κ1) is 14.5. The molecule has 1 atom stereocenters. The molecular weight excluding hydrogens is 248 g/mol. The molecular formula is C17H22N2O. The van der Waals surface area contributed by atoms with E-state index in [1.165, 1.54) is 5.56 Å². The van der Waals surface area contributed by atoms with E-state index in [-0.39, 0.29) is 5.91 Å². The van der Waals surface area contributed by atoms with E-state index >= 15 is 0 Å². The van der Waals surface area contributed by atoms with Crippen LogP contribution in [0.5, 0.6) is 0 Å². The monoisotopic (exact) mass is 270 g/mol. The van der Waals surface area contributed by atoms with E-state index in [2.05, 4.69) is 18.9 Å². The lowest BCUT2D eigenvalue weighted by Crippen LogP contribution is -2.16. The molecule has 20 heavy (non-hydrogen) atoms. The molecule has 0 spiro atoms. The normalized spacial score (nSPS) is 12.4. The molecule has 3 heteroatoms.